The van der Waals surface area contributed by atoms with Gasteiger partial charge < -0.3 is 9.32 Å². The summed E-state index contributed by atoms with van der Waals surface area (Å²) in [5, 5.41) is 7.41. The van der Waals surface area contributed by atoms with Crippen molar-refractivity contribution in [1.29, 1.82) is 0 Å². The molecule has 0 spiro atoms. The summed E-state index contributed by atoms with van der Waals surface area (Å²) in [7, 11) is 0. The maximum Gasteiger partial charge on any atom is 0.136 e. The number of hydrogen-bond acceptors (Lipinski definition) is 3. The van der Waals surface area contributed by atoms with Crippen molar-refractivity contribution in [3.8, 4) is 22.3 Å². The molecular weight excluding hydrogens is 723 g/mol. The van der Waals surface area contributed by atoms with Gasteiger partial charge in [-0.05, 0) is 118 Å². The number of thiophene rings is 1. The molecule has 0 amide bonds. The predicted octanol–water partition coefficient (Wildman–Crippen LogP) is 16.0. The summed E-state index contributed by atoms with van der Waals surface area (Å²) in [6, 6.07) is 71.5. The van der Waals surface area contributed by atoms with E-state index in [2.05, 4.69) is 199 Å². The number of anilines is 3. The zero-order valence-corrected chi connectivity index (χ0v) is 32.5. The van der Waals surface area contributed by atoms with E-state index in [1.54, 1.807) is 0 Å². The van der Waals surface area contributed by atoms with Crippen LogP contribution in [0.4, 0.5) is 17.1 Å². The number of hydrogen-bond donors (Lipinski definition) is 0. The van der Waals surface area contributed by atoms with Crippen molar-refractivity contribution >= 4 is 81.3 Å². The van der Waals surface area contributed by atoms with Crippen LogP contribution in [0.2, 0.25) is 0 Å². The highest BCUT2D eigenvalue weighted by molar-refractivity contribution is 7.25. The molecule has 2 nitrogen and oxygen atoms in total. The number of furan rings is 1. The van der Waals surface area contributed by atoms with Crippen LogP contribution >= 0.6 is 11.3 Å². The maximum absolute atomic E-state index is 6.74. The Morgan fingerprint density at radius 2 is 1.19 bits per heavy atom. The minimum atomic E-state index is 0.227. The van der Waals surface area contributed by atoms with Gasteiger partial charge in [0, 0.05) is 59.5 Å². The summed E-state index contributed by atoms with van der Waals surface area (Å²) in [5.74, 6) is 0.227. The largest absolute Gasteiger partial charge is 0.456 e. The van der Waals surface area contributed by atoms with Gasteiger partial charge in [0.15, 0.2) is 0 Å². The molecule has 1 unspecified atom stereocenters. The van der Waals surface area contributed by atoms with E-state index in [1.807, 2.05) is 11.3 Å². The normalized spacial score (nSPS) is 13.9. The zero-order chi connectivity index (χ0) is 38.2. The van der Waals surface area contributed by atoms with Gasteiger partial charge in [0.25, 0.3) is 0 Å². The molecule has 0 saturated heterocycles. The van der Waals surface area contributed by atoms with Crippen molar-refractivity contribution in [2.75, 3.05) is 4.90 Å². The van der Waals surface area contributed by atoms with Crippen LogP contribution in [0.25, 0.3) is 75.1 Å². The number of benzene rings is 9. The average molecular weight is 760 g/mol. The lowest BCUT2D eigenvalue weighted by Gasteiger charge is -2.28. The first-order valence-corrected chi connectivity index (χ1v) is 21.0. The Morgan fingerprint density at radius 1 is 0.483 bits per heavy atom. The molecule has 2 aromatic heterocycles. The lowest BCUT2D eigenvalue weighted by Crippen LogP contribution is -2.11. The first kappa shape index (κ1) is 33.2. The molecule has 0 aliphatic heterocycles. The Kier molecular flexibility index (Phi) is 7.64. The van der Waals surface area contributed by atoms with E-state index in [4.69, 9.17) is 4.42 Å². The van der Waals surface area contributed by atoms with Gasteiger partial charge in [-0.1, -0.05) is 133 Å². The van der Waals surface area contributed by atoms with Crippen molar-refractivity contribution in [2.24, 2.45) is 0 Å². The van der Waals surface area contributed by atoms with E-state index in [-0.39, 0.29) is 5.92 Å². The first-order valence-electron chi connectivity index (χ1n) is 20.2. The SMILES string of the molecule is c1ccc(C2CCc3cc4oc5ccccc5c4c(-c4ccc5ccccc5c4)c3-c3cc(N(c4ccccc4)c4ccc5c(c4)sc4ccccc45)ccc32)cc1. The van der Waals surface area contributed by atoms with E-state index in [0.29, 0.717) is 0 Å². The fraction of sp³-hybridized carbons (Fsp3) is 0.0545. The summed E-state index contributed by atoms with van der Waals surface area (Å²) in [6.07, 6.45) is 1.93. The summed E-state index contributed by atoms with van der Waals surface area (Å²) in [5.41, 5.74) is 14.3. The second-order valence-electron chi connectivity index (χ2n) is 15.5. The highest BCUT2D eigenvalue weighted by Crippen LogP contribution is 2.52. The van der Waals surface area contributed by atoms with Gasteiger partial charge in [0.2, 0.25) is 0 Å². The minimum Gasteiger partial charge on any atom is -0.456 e. The van der Waals surface area contributed by atoms with Crippen LogP contribution in [0.3, 0.4) is 0 Å². The van der Waals surface area contributed by atoms with Gasteiger partial charge in [0.1, 0.15) is 11.2 Å². The van der Waals surface area contributed by atoms with Crippen LogP contribution in [0.15, 0.2) is 199 Å². The highest BCUT2D eigenvalue weighted by Gasteiger charge is 2.30. The van der Waals surface area contributed by atoms with Crippen molar-refractivity contribution in [2.45, 2.75) is 18.8 Å². The topological polar surface area (TPSA) is 16.4 Å². The van der Waals surface area contributed by atoms with Gasteiger partial charge in [-0.3, -0.25) is 0 Å². The Morgan fingerprint density at radius 3 is 2.07 bits per heavy atom. The summed E-state index contributed by atoms with van der Waals surface area (Å²) < 4.78 is 9.34. The molecule has 3 heteroatoms. The average Bonchev–Trinajstić information content (AvgIpc) is 3.79. The van der Waals surface area contributed by atoms with E-state index >= 15 is 0 Å². The van der Waals surface area contributed by atoms with Crippen LogP contribution in [0.1, 0.15) is 29.0 Å². The minimum absolute atomic E-state index is 0.227. The molecule has 274 valence electrons. The van der Waals surface area contributed by atoms with Crippen molar-refractivity contribution in [1.82, 2.24) is 0 Å². The molecule has 9 aromatic carbocycles. The fourth-order valence-electron chi connectivity index (χ4n) is 9.65. The molecule has 12 rings (SSSR count). The molecule has 0 radical (unpaired) electrons. The Bertz CT molecular complexity index is 3360. The number of nitrogens with zero attached hydrogens (tertiary/aromatic N) is 1. The summed E-state index contributed by atoms with van der Waals surface area (Å²) in [4.78, 5) is 2.44. The lowest BCUT2D eigenvalue weighted by molar-refractivity contribution is 0.667. The van der Waals surface area contributed by atoms with E-state index in [9.17, 15) is 0 Å². The molecule has 1 aliphatic carbocycles. The molecule has 2 heterocycles. The van der Waals surface area contributed by atoms with Gasteiger partial charge in [-0.15, -0.1) is 11.3 Å². The zero-order valence-electron chi connectivity index (χ0n) is 31.7. The Balaban J connectivity index is 1.16. The first-order chi connectivity index (χ1) is 28.7. The van der Waals surface area contributed by atoms with Gasteiger partial charge in [0.05, 0.1) is 0 Å². The van der Waals surface area contributed by atoms with Gasteiger partial charge in [-0.25, -0.2) is 0 Å². The monoisotopic (exact) mass is 759 g/mol. The molecule has 11 aromatic rings. The smallest absolute Gasteiger partial charge is 0.136 e. The molecule has 0 N–H and O–H groups in total. The number of aryl methyl sites for hydroxylation is 1. The molecule has 1 atom stereocenters. The fourth-order valence-corrected chi connectivity index (χ4v) is 10.8. The van der Waals surface area contributed by atoms with Crippen molar-refractivity contribution in [3.05, 3.63) is 211 Å². The molecular formula is C55H37NOS. The van der Waals surface area contributed by atoms with Crippen LogP contribution in [-0.4, -0.2) is 0 Å². The predicted molar refractivity (Wildman–Crippen MR) is 246 cm³/mol. The summed E-state index contributed by atoms with van der Waals surface area (Å²) in [6.45, 7) is 0. The second-order valence-corrected chi connectivity index (χ2v) is 16.6. The molecule has 0 fully saturated rings. The van der Waals surface area contributed by atoms with Crippen LogP contribution in [0.5, 0.6) is 0 Å². The van der Waals surface area contributed by atoms with Crippen LogP contribution in [0, 0.1) is 0 Å². The van der Waals surface area contributed by atoms with Crippen LogP contribution < -0.4 is 4.90 Å². The van der Waals surface area contributed by atoms with E-state index in [1.165, 1.54) is 75.3 Å². The Hall–Kier alpha value is -6.94. The van der Waals surface area contributed by atoms with E-state index in [0.717, 1.165) is 46.5 Å². The molecule has 1 aliphatic rings. The number of para-hydroxylation sites is 2. The third-order valence-corrected chi connectivity index (χ3v) is 13.4. The standard InChI is InChI=1S/C55H37NOS/c1-3-14-36(15-4-1)43-28-25-39-32-50-55(47-20-9-11-21-49(47)57-50)54(38-24-23-35-13-7-8-16-37(35)31-38)53(39)48-33-41(26-29-44(43)48)56(40-17-5-2-6-18-40)42-27-30-46-45-19-10-12-22-51(45)58-52(46)34-42/h1-24,26-27,29-34,43H,25,28H2. The molecule has 0 bridgehead atoms. The highest BCUT2D eigenvalue weighted by atomic mass is 32.1. The number of rotatable bonds is 5. The van der Waals surface area contributed by atoms with Crippen molar-refractivity contribution in [3.63, 3.8) is 0 Å². The third-order valence-electron chi connectivity index (χ3n) is 12.3. The number of fused-ring (bicyclic) bond motifs is 10. The lowest BCUT2D eigenvalue weighted by atomic mass is 9.83. The maximum atomic E-state index is 6.74. The van der Waals surface area contributed by atoms with E-state index < -0.39 is 0 Å². The van der Waals surface area contributed by atoms with Crippen molar-refractivity contribution < 1.29 is 4.42 Å². The Labute approximate surface area is 340 Å². The second kappa shape index (κ2) is 13.3. The summed E-state index contributed by atoms with van der Waals surface area (Å²) >= 11 is 1.87. The van der Waals surface area contributed by atoms with Crippen LogP contribution in [-0.2, 0) is 6.42 Å². The third kappa shape index (κ3) is 5.31. The molecule has 58 heavy (non-hydrogen) atoms. The van der Waals surface area contributed by atoms with Gasteiger partial charge >= 0.3 is 0 Å². The molecule has 0 saturated carbocycles. The quantitative estimate of drug-likeness (QED) is 0.174. The van der Waals surface area contributed by atoms with Gasteiger partial charge in [-0.2, -0.15) is 0 Å².